The van der Waals surface area contributed by atoms with Gasteiger partial charge in [0.1, 0.15) is 4.90 Å². The second kappa shape index (κ2) is 7.06. The molecule has 2 aromatic rings. The van der Waals surface area contributed by atoms with Gasteiger partial charge in [0, 0.05) is 13.1 Å². The van der Waals surface area contributed by atoms with Crippen LogP contribution in [-0.4, -0.2) is 15.0 Å². The molecule has 4 nitrogen and oxygen atoms in total. The van der Waals surface area contributed by atoms with Crippen LogP contribution in [0.1, 0.15) is 24.5 Å². The summed E-state index contributed by atoms with van der Waals surface area (Å²) in [6, 6.07) is 6.99. The Balaban J connectivity index is 2.19. The number of para-hydroxylation sites is 1. The number of thiophene rings is 1. The predicted molar refractivity (Wildman–Crippen MR) is 88.3 cm³/mol. The van der Waals surface area contributed by atoms with Gasteiger partial charge in [-0.15, -0.1) is 0 Å². The Hall–Kier alpha value is -1.37. The largest absolute Gasteiger partial charge is 0.380 e. The number of sulfonamides is 1. The van der Waals surface area contributed by atoms with E-state index < -0.39 is 10.0 Å². The number of rotatable bonds is 7. The van der Waals surface area contributed by atoms with E-state index in [2.05, 4.69) is 27.7 Å². The van der Waals surface area contributed by atoms with Crippen molar-refractivity contribution in [2.24, 2.45) is 0 Å². The van der Waals surface area contributed by atoms with E-state index in [1.807, 2.05) is 13.0 Å². The Kier molecular flexibility index (Phi) is 5.39. The maximum absolute atomic E-state index is 12.3. The van der Waals surface area contributed by atoms with Gasteiger partial charge >= 0.3 is 0 Å². The molecule has 1 aromatic heterocycles. The van der Waals surface area contributed by atoms with Gasteiger partial charge in [-0.3, -0.25) is 0 Å². The van der Waals surface area contributed by atoms with Crippen LogP contribution in [0, 0.1) is 6.92 Å². The molecule has 2 rings (SSSR count). The zero-order chi connectivity index (χ0) is 15.3. The van der Waals surface area contributed by atoms with Crippen LogP contribution in [0.4, 0.5) is 5.69 Å². The summed E-state index contributed by atoms with van der Waals surface area (Å²) in [5, 5.41) is 7.39. The molecular weight excluding hydrogens is 304 g/mol. The minimum absolute atomic E-state index is 0.298. The van der Waals surface area contributed by atoms with Crippen LogP contribution >= 0.6 is 11.3 Å². The van der Waals surface area contributed by atoms with Crippen molar-refractivity contribution in [1.82, 2.24) is 4.72 Å². The molecule has 2 N–H and O–H groups in total. The van der Waals surface area contributed by atoms with E-state index in [-0.39, 0.29) is 0 Å². The van der Waals surface area contributed by atoms with Crippen molar-refractivity contribution >= 4 is 27.0 Å². The molecule has 0 fully saturated rings. The first-order valence-electron chi connectivity index (χ1n) is 6.89. The first kappa shape index (κ1) is 16.0. The minimum atomic E-state index is -3.46. The van der Waals surface area contributed by atoms with Crippen LogP contribution in [-0.2, 0) is 16.6 Å². The first-order valence-corrected chi connectivity index (χ1v) is 9.31. The molecule has 0 saturated carbocycles. The van der Waals surface area contributed by atoms with E-state index in [4.69, 9.17) is 0 Å². The maximum Gasteiger partial charge on any atom is 0.242 e. The van der Waals surface area contributed by atoms with Gasteiger partial charge in [0.15, 0.2) is 0 Å². The summed E-state index contributed by atoms with van der Waals surface area (Å²) >= 11 is 1.65. The lowest BCUT2D eigenvalue weighted by atomic mass is 10.2. The normalized spacial score (nSPS) is 11.5. The third-order valence-corrected chi connectivity index (χ3v) is 5.58. The summed E-state index contributed by atoms with van der Waals surface area (Å²) < 4.78 is 27.2. The highest BCUT2D eigenvalue weighted by Crippen LogP contribution is 2.22. The zero-order valence-electron chi connectivity index (χ0n) is 12.2. The van der Waals surface area contributed by atoms with E-state index in [0.29, 0.717) is 23.7 Å². The molecule has 0 radical (unpaired) electrons. The van der Waals surface area contributed by atoms with Crippen molar-refractivity contribution in [3.05, 3.63) is 46.2 Å². The van der Waals surface area contributed by atoms with Crippen molar-refractivity contribution in [3.63, 3.8) is 0 Å². The Bertz CT molecular complexity index is 693. The zero-order valence-corrected chi connectivity index (χ0v) is 13.9. The third-order valence-electron chi connectivity index (χ3n) is 3.15. The summed E-state index contributed by atoms with van der Waals surface area (Å²) in [5.41, 5.74) is 3.04. The Morgan fingerprint density at radius 3 is 2.62 bits per heavy atom. The number of hydrogen-bond donors (Lipinski definition) is 2. The van der Waals surface area contributed by atoms with Gasteiger partial charge in [-0.25, -0.2) is 13.1 Å². The van der Waals surface area contributed by atoms with E-state index in [1.54, 1.807) is 29.5 Å². The lowest BCUT2D eigenvalue weighted by Crippen LogP contribution is -2.25. The smallest absolute Gasteiger partial charge is 0.242 e. The molecule has 0 bridgehead atoms. The minimum Gasteiger partial charge on any atom is -0.380 e. The second-order valence-electron chi connectivity index (χ2n) is 4.83. The van der Waals surface area contributed by atoms with Crippen molar-refractivity contribution in [2.75, 3.05) is 11.9 Å². The number of benzene rings is 1. The molecule has 0 atom stereocenters. The lowest BCUT2D eigenvalue weighted by Gasteiger charge is -2.13. The van der Waals surface area contributed by atoms with Gasteiger partial charge in [0.05, 0.1) is 5.69 Å². The molecule has 1 heterocycles. The Morgan fingerprint density at radius 2 is 1.95 bits per heavy atom. The van der Waals surface area contributed by atoms with Gasteiger partial charge in [-0.2, -0.15) is 11.3 Å². The highest BCUT2D eigenvalue weighted by Gasteiger charge is 2.17. The maximum atomic E-state index is 12.3. The van der Waals surface area contributed by atoms with E-state index >= 15 is 0 Å². The number of nitrogens with one attached hydrogen (secondary N) is 2. The van der Waals surface area contributed by atoms with Crippen molar-refractivity contribution in [3.8, 4) is 0 Å². The van der Waals surface area contributed by atoms with Crippen molar-refractivity contribution in [2.45, 2.75) is 31.7 Å². The van der Waals surface area contributed by atoms with Gasteiger partial charge in [0.2, 0.25) is 10.0 Å². The summed E-state index contributed by atoms with van der Waals surface area (Å²) in [7, 11) is -3.46. The van der Waals surface area contributed by atoms with E-state index in [0.717, 1.165) is 6.42 Å². The van der Waals surface area contributed by atoms with Crippen LogP contribution in [0.3, 0.4) is 0 Å². The van der Waals surface area contributed by atoms with Gasteiger partial charge in [-0.1, -0.05) is 19.1 Å². The van der Waals surface area contributed by atoms with Crippen molar-refractivity contribution in [1.29, 1.82) is 0 Å². The van der Waals surface area contributed by atoms with Crippen LogP contribution in [0.25, 0.3) is 0 Å². The highest BCUT2D eigenvalue weighted by molar-refractivity contribution is 7.89. The summed E-state index contributed by atoms with van der Waals surface area (Å²) in [6.45, 7) is 5.06. The lowest BCUT2D eigenvalue weighted by molar-refractivity contribution is 0.581. The monoisotopic (exact) mass is 324 g/mol. The van der Waals surface area contributed by atoms with E-state index in [1.165, 1.54) is 11.1 Å². The SMILES string of the molecule is CCCNS(=O)(=O)c1ccccc1NCc1cscc1C. The summed E-state index contributed by atoms with van der Waals surface area (Å²) in [6.07, 6.45) is 0.767. The molecule has 0 aliphatic carbocycles. The average Bonchev–Trinajstić information content (AvgIpc) is 2.88. The number of anilines is 1. The standard InChI is InChI=1S/C15H20N2O2S2/c1-3-8-17-21(18,19)15-7-5-4-6-14(15)16-9-13-11-20-10-12(13)2/h4-7,10-11,16-17H,3,8-9H2,1-2H3. The quantitative estimate of drug-likeness (QED) is 0.821. The molecule has 0 amide bonds. The molecule has 1 aromatic carbocycles. The van der Waals surface area contributed by atoms with Crippen LogP contribution in [0.5, 0.6) is 0 Å². The highest BCUT2D eigenvalue weighted by atomic mass is 32.2. The number of aryl methyl sites for hydroxylation is 1. The van der Waals surface area contributed by atoms with Gasteiger partial charge in [-0.05, 0) is 47.4 Å². The predicted octanol–water partition coefficient (Wildman–Crippen LogP) is 3.36. The van der Waals surface area contributed by atoms with E-state index in [9.17, 15) is 8.42 Å². The molecule has 21 heavy (non-hydrogen) atoms. The van der Waals surface area contributed by atoms with Gasteiger partial charge in [0.25, 0.3) is 0 Å². The summed E-state index contributed by atoms with van der Waals surface area (Å²) in [5.74, 6) is 0. The Morgan fingerprint density at radius 1 is 1.19 bits per heavy atom. The second-order valence-corrected chi connectivity index (χ2v) is 7.31. The molecule has 114 valence electrons. The number of hydrogen-bond acceptors (Lipinski definition) is 4. The molecule has 0 aliphatic heterocycles. The van der Waals surface area contributed by atoms with Gasteiger partial charge < -0.3 is 5.32 Å². The molecule has 6 heteroatoms. The third kappa shape index (κ3) is 4.06. The fourth-order valence-electron chi connectivity index (χ4n) is 1.92. The molecule has 0 unspecified atom stereocenters. The topological polar surface area (TPSA) is 58.2 Å². The van der Waals surface area contributed by atoms with Crippen molar-refractivity contribution < 1.29 is 8.42 Å². The van der Waals surface area contributed by atoms with Crippen LogP contribution < -0.4 is 10.0 Å². The molecule has 0 spiro atoms. The van der Waals surface area contributed by atoms with Crippen LogP contribution in [0.15, 0.2) is 39.9 Å². The molecule has 0 saturated heterocycles. The fourth-order valence-corrected chi connectivity index (χ4v) is 4.09. The van der Waals surface area contributed by atoms with Crippen LogP contribution in [0.2, 0.25) is 0 Å². The molecule has 0 aliphatic rings. The fraction of sp³-hybridized carbons (Fsp3) is 0.333. The first-order chi connectivity index (χ1) is 10.0. The molecular formula is C15H20N2O2S2. The Labute approximate surface area is 130 Å². The summed E-state index contributed by atoms with van der Waals surface area (Å²) in [4.78, 5) is 0.298. The average molecular weight is 324 g/mol.